The number of hydrogen-bond acceptors (Lipinski definition) is 5. The van der Waals surface area contributed by atoms with Crippen molar-refractivity contribution in [3.63, 3.8) is 0 Å². The molecule has 4 saturated carbocycles. The van der Waals surface area contributed by atoms with Crippen molar-refractivity contribution in [3.05, 3.63) is 54.4 Å². The molecule has 0 aromatic carbocycles. The molecule has 30 heavy (non-hydrogen) atoms. The highest BCUT2D eigenvalue weighted by atomic mass is 16.5. The molecule has 0 atom stereocenters. The molecule has 0 unspecified atom stereocenters. The van der Waals surface area contributed by atoms with Crippen LogP contribution < -0.4 is 0 Å². The molecule has 0 N–H and O–H groups in total. The summed E-state index contributed by atoms with van der Waals surface area (Å²) >= 11 is 0. The second-order valence-corrected chi connectivity index (χ2v) is 9.16. The van der Waals surface area contributed by atoms with Crippen LogP contribution in [-0.4, -0.2) is 28.9 Å². The Balaban J connectivity index is 1.29. The van der Waals surface area contributed by atoms with Crippen molar-refractivity contribution in [1.29, 1.82) is 0 Å². The Morgan fingerprint density at radius 2 is 1.70 bits per heavy atom. The SMILES string of the molecule is O=C(/C=C/c1ccco1)OCC(=O)N(Cc1ccco1)C12CC3CC(CC(C3)C1)C2. The number of ether oxygens (including phenoxy) is 1. The third-order valence-electron chi connectivity index (χ3n) is 7.04. The zero-order chi connectivity index (χ0) is 20.6. The second-order valence-electron chi connectivity index (χ2n) is 9.16. The summed E-state index contributed by atoms with van der Waals surface area (Å²) in [6.07, 6.45) is 13.1. The Labute approximate surface area is 175 Å². The van der Waals surface area contributed by atoms with E-state index >= 15 is 0 Å². The highest BCUT2D eigenvalue weighted by molar-refractivity contribution is 5.89. The number of carbonyl (C=O) groups excluding carboxylic acids is 2. The van der Waals surface area contributed by atoms with E-state index in [0.29, 0.717) is 30.1 Å². The lowest BCUT2D eigenvalue weighted by atomic mass is 9.52. The minimum absolute atomic E-state index is 0.130. The van der Waals surface area contributed by atoms with Crippen molar-refractivity contribution < 1.29 is 23.2 Å². The quantitative estimate of drug-likeness (QED) is 0.500. The maximum atomic E-state index is 13.3. The fourth-order valence-electron chi connectivity index (χ4n) is 6.27. The van der Waals surface area contributed by atoms with Gasteiger partial charge in [-0.05, 0) is 86.6 Å². The van der Waals surface area contributed by atoms with Gasteiger partial charge in [0, 0.05) is 11.6 Å². The van der Waals surface area contributed by atoms with Crippen molar-refractivity contribution in [2.75, 3.05) is 6.61 Å². The van der Waals surface area contributed by atoms with Crippen molar-refractivity contribution in [2.24, 2.45) is 17.8 Å². The lowest BCUT2D eigenvalue weighted by molar-refractivity contribution is -0.162. The Morgan fingerprint density at radius 3 is 2.30 bits per heavy atom. The summed E-state index contributed by atoms with van der Waals surface area (Å²) in [6.45, 7) is 0.168. The molecule has 158 valence electrons. The Kier molecular flexibility index (Phi) is 5.01. The van der Waals surface area contributed by atoms with Crippen LogP contribution in [0.25, 0.3) is 6.08 Å². The van der Waals surface area contributed by atoms with Crippen LogP contribution in [0.2, 0.25) is 0 Å². The van der Waals surface area contributed by atoms with Crippen LogP contribution in [0, 0.1) is 17.8 Å². The number of amides is 1. The molecular formula is C24H27NO5. The van der Waals surface area contributed by atoms with E-state index in [0.717, 1.165) is 25.0 Å². The minimum Gasteiger partial charge on any atom is -0.467 e. The molecule has 0 saturated heterocycles. The molecule has 1 amide bonds. The van der Waals surface area contributed by atoms with E-state index in [2.05, 4.69) is 0 Å². The third kappa shape index (κ3) is 3.83. The lowest BCUT2D eigenvalue weighted by Crippen LogP contribution is -2.61. The van der Waals surface area contributed by atoms with Crippen LogP contribution in [-0.2, 0) is 20.9 Å². The van der Waals surface area contributed by atoms with Gasteiger partial charge in [-0.2, -0.15) is 0 Å². The first-order valence-electron chi connectivity index (χ1n) is 10.8. The van der Waals surface area contributed by atoms with Gasteiger partial charge in [0.25, 0.3) is 5.91 Å². The van der Waals surface area contributed by atoms with E-state index in [1.807, 2.05) is 17.0 Å². The topological polar surface area (TPSA) is 72.9 Å². The van der Waals surface area contributed by atoms with E-state index in [9.17, 15) is 9.59 Å². The van der Waals surface area contributed by atoms with Gasteiger partial charge in [-0.15, -0.1) is 0 Å². The van der Waals surface area contributed by atoms with Crippen LogP contribution in [0.4, 0.5) is 0 Å². The van der Waals surface area contributed by atoms with Gasteiger partial charge < -0.3 is 18.5 Å². The van der Waals surface area contributed by atoms with E-state index in [4.69, 9.17) is 13.6 Å². The van der Waals surface area contributed by atoms with Crippen molar-refractivity contribution >= 4 is 18.0 Å². The van der Waals surface area contributed by atoms with E-state index in [-0.39, 0.29) is 18.1 Å². The van der Waals surface area contributed by atoms with Gasteiger partial charge in [0.15, 0.2) is 6.61 Å². The zero-order valence-electron chi connectivity index (χ0n) is 17.0. The Morgan fingerprint density at radius 1 is 1.03 bits per heavy atom. The molecular weight excluding hydrogens is 382 g/mol. The minimum atomic E-state index is -0.553. The monoisotopic (exact) mass is 409 g/mol. The first kappa shape index (κ1) is 19.2. The van der Waals surface area contributed by atoms with Crippen LogP contribution in [0.5, 0.6) is 0 Å². The van der Waals surface area contributed by atoms with Gasteiger partial charge in [0.1, 0.15) is 11.5 Å². The Bertz CT molecular complexity index is 876. The average Bonchev–Trinajstić information content (AvgIpc) is 3.41. The summed E-state index contributed by atoms with van der Waals surface area (Å²) in [6, 6.07) is 7.23. The van der Waals surface area contributed by atoms with Crippen LogP contribution >= 0.6 is 0 Å². The number of furan rings is 2. The summed E-state index contributed by atoms with van der Waals surface area (Å²) in [4.78, 5) is 27.3. The smallest absolute Gasteiger partial charge is 0.331 e. The molecule has 2 aromatic heterocycles. The number of nitrogens with zero attached hydrogens (tertiary/aromatic N) is 1. The van der Waals surface area contributed by atoms with Gasteiger partial charge in [0.2, 0.25) is 0 Å². The maximum absolute atomic E-state index is 13.3. The number of hydrogen-bond donors (Lipinski definition) is 0. The number of esters is 1. The summed E-state index contributed by atoms with van der Waals surface area (Å²) in [7, 11) is 0. The molecule has 0 radical (unpaired) electrons. The highest BCUT2D eigenvalue weighted by Gasteiger charge is 2.54. The average molecular weight is 409 g/mol. The normalized spacial score (nSPS) is 29.4. The van der Waals surface area contributed by atoms with Crippen LogP contribution in [0.15, 0.2) is 51.7 Å². The van der Waals surface area contributed by atoms with Crippen molar-refractivity contribution in [1.82, 2.24) is 4.90 Å². The molecule has 2 aromatic rings. The van der Waals surface area contributed by atoms with Crippen LogP contribution in [0.3, 0.4) is 0 Å². The van der Waals surface area contributed by atoms with Gasteiger partial charge in [-0.25, -0.2) is 4.79 Å². The van der Waals surface area contributed by atoms with Crippen molar-refractivity contribution in [3.8, 4) is 0 Å². The fourth-order valence-corrected chi connectivity index (χ4v) is 6.27. The van der Waals surface area contributed by atoms with Gasteiger partial charge in [-0.3, -0.25) is 4.79 Å². The largest absolute Gasteiger partial charge is 0.467 e. The molecule has 6 rings (SSSR count). The summed E-state index contributed by atoms with van der Waals surface area (Å²) in [5, 5.41) is 0. The molecule has 4 aliphatic carbocycles. The lowest BCUT2D eigenvalue weighted by Gasteiger charge is -2.60. The molecule has 6 heteroatoms. The standard InChI is InChI=1S/C24H27NO5/c26-22(16-30-23(27)6-5-20-3-1-7-28-20)25(15-21-4-2-8-29-21)24-12-17-9-18(13-24)11-19(10-17)14-24/h1-8,17-19H,9-16H2/b6-5+. The molecule has 4 aliphatic rings. The first-order chi connectivity index (χ1) is 14.6. The van der Waals surface area contributed by atoms with Gasteiger partial charge in [-0.1, -0.05) is 0 Å². The first-order valence-corrected chi connectivity index (χ1v) is 10.8. The second kappa shape index (κ2) is 7.82. The predicted molar refractivity (Wildman–Crippen MR) is 109 cm³/mol. The molecule has 4 bridgehead atoms. The highest BCUT2D eigenvalue weighted by Crippen LogP contribution is 2.58. The van der Waals surface area contributed by atoms with Gasteiger partial charge >= 0.3 is 5.97 Å². The van der Waals surface area contributed by atoms with E-state index in [1.165, 1.54) is 37.7 Å². The molecule has 0 spiro atoms. The zero-order valence-corrected chi connectivity index (χ0v) is 17.0. The fraction of sp³-hybridized carbons (Fsp3) is 0.500. The summed E-state index contributed by atoms with van der Waals surface area (Å²) < 4.78 is 16.0. The van der Waals surface area contributed by atoms with E-state index in [1.54, 1.807) is 18.4 Å². The molecule has 6 nitrogen and oxygen atoms in total. The molecule has 2 heterocycles. The number of rotatable bonds is 7. The van der Waals surface area contributed by atoms with Gasteiger partial charge in [0.05, 0.1) is 19.1 Å². The summed E-state index contributed by atoms with van der Waals surface area (Å²) in [5.41, 5.74) is -0.130. The van der Waals surface area contributed by atoms with Crippen LogP contribution in [0.1, 0.15) is 50.0 Å². The van der Waals surface area contributed by atoms with E-state index < -0.39 is 5.97 Å². The predicted octanol–water partition coefficient (Wildman–Crippen LogP) is 4.43. The molecule has 4 fully saturated rings. The maximum Gasteiger partial charge on any atom is 0.331 e. The third-order valence-corrected chi connectivity index (χ3v) is 7.04. The van der Waals surface area contributed by atoms with Crippen molar-refractivity contribution in [2.45, 2.75) is 50.6 Å². The molecule has 0 aliphatic heterocycles. The number of carbonyl (C=O) groups is 2. The Hall–Kier alpha value is -2.76. The summed E-state index contributed by atoms with van der Waals surface area (Å²) in [5.74, 6) is 2.76.